The van der Waals surface area contributed by atoms with Crippen LogP contribution in [0, 0.1) is 11.3 Å². The van der Waals surface area contributed by atoms with E-state index >= 15 is 0 Å². The second-order valence-electron chi connectivity index (χ2n) is 7.25. The van der Waals surface area contributed by atoms with Gasteiger partial charge in [-0.2, -0.15) is 0 Å². The molecule has 0 radical (unpaired) electrons. The zero-order valence-electron chi connectivity index (χ0n) is 12.6. The molecule has 0 bridgehead atoms. The smallest absolute Gasteiger partial charge is 0.329 e. The quantitative estimate of drug-likeness (QED) is 0.682. The van der Waals surface area contributed by atoms with Crippen molar-refractivity contribution in [1.82, 2.24) is 10.6 Å². The lowest BCUT2D eigenvalue weighted by atomic mass is 9.90. The molecule has 0 atom stereocenters. The topological polar surface area (TPSA) is 78.4 Å². The van der Waals surface area contributed by atoms with Gasteiger partial charge in [0.05, 0.1) is 0 Å². The van der Waals surface area contributed by atoms with Gasteiger partial charge in [0.2, 0.25) is 0 Å². The molecule has 0 unspecified atom stereocenters. The molecule has 5 nitrogen and oxygen atoms in total. The van der Waals surface area contributed by atoms with Crippen LogP contribution in [0.1, 0.15) is 64.2 Å². The van der Waals surface area contributed by atoms with Crippen LogP contribution in [0.2, 0.25) is 0 Å². The van der Waals surface area contributed by atoms with E-state index < -0.39 is 11.5 Å². The van der Waals surface area contributed by atoms with Crippen LogP contribution in [0.3, 0.4) is 0 Å². The molecular weight excluding hydrogens is 268 g/mol. The van der Waals surface area contributed by atoms with E-state index in [1.54, 1.807) is 0 Å². The Balaban J connectivity index is 1.54. The highest BCUT2D eigenvalue weighted by molar-refractivity contribution is 5.86. The van der Waals surface area contributed by atoms with Gasteiger partial charge in [0.15, 0.2) is 0 Å². The summed E-state index contributed by atoms with van der Waals surface area (Å²) in [7, 11) is 0. The summed E-state index contributed by atoms with van der Waals surface area (Å²) >= 11 is 0. The summed E-state index contributed by atoms with van der Waals surface area (Å²) in [5.41, 5.74) is -0.714. The first-order chi connectivity index (χ1) is 10.1. The minimum atomic E-state index is -1.06. The SMILES string of the molecule is O=C(NCC1(C2CC2)CC1)NC1(C(=O)O)CCCCCC1. The second kappa shape index (κ2) is 5.50. The van der Waals surface area contributed by atoms with Gasteiger partial charge in [-0.15, -0.1) is 0 Å². The Kier molecular flexibility index (Phi) is 3.84. The van der Waals surface area contributed by atoms with Crippen LogP contribution in [0.25, 0.3) is 0 Å². The first-order valence-electron chi connectivity index (χ1n) is 8.36. The van der Waals surface area contributed by atoms with Gasteiger partial charge in [-0.3, -0.25) is 0 Å². The molecule has 3 saturated carbocycles. The summed E-state index contributed by atoms with van der Waals surface area (Å²) < 4.78 is 0. The average molecular weight is 294 g/mol. The molecule has 118 valence electrons. The predicted octanol–water partition coefficient (Wildman–Crippen LogP) is 2.65. The van der Waals surface area contributed by atoms with Crippen molar-refractivity contribution < 1.29 is 14.7 Å². The van der Waals surface area contributed by atoms with E-state index in [1.165, 1.54) is 25.7 Å². The van der Waals surface area contributed by atoms with E-state index in [1.807, 2.05) is 0 Å². The van der Waals surface area contributed by atoms with Crippen LogP contribution < -0.4 is 10.6 Å². The molecule has 0 aromatic carbocycles. The zero-order valence-corrected chi connectivity index (χ0v) is 12.6. The predicted molar refractivity (Wildman–Crippen MR) is 79.0 cm³/mol. The van der Waals surface area contributed by atoms with Crippen LogP contribution in [0.5, 0.6) is 0 Å². The molecule has 2 amide bonds. The van der Waals surface area contributed by atoms with Crippen molar-refractivity contribution in [2.45, 2.75) is 69.7 Å². The normalized spacial score (nSPS) is 26.5. The lowest BCUT2D eigenvalue weighted by molar-refractivity contribution is -0.145. The van der Waals surface area contributed by atoms with Crippen LogP contribution in [0.15, 0.2) is 0 Å². The fourth-order valence-electron chi connectivity index (χ4n) is 3.83. The van der Waals surface area contributed by atoms with Crippen molar-refractivity contribution in [3.05, 3.63) is 0 Å². The maximum atomic E-state index is 12.2. The Bertz CT molecular complexity index is 419. The van der Waals surface area contributed by atoms with E-state index in [4.69, 9.17) is 0 Å². The van der Waals surface area contributed by atoms with Gasteiger partial charge in [-0.25, -0.2) is 9.59 Å². The molecule has 0 aromatic heterocycles. The Labute approximate surface area is 125 Å². The molecule has 3 rings (SSSR count). The van der Waals surface area contributed by atoms with Crippen molar-refractivity contribution in [3.63, 3.8) is 0 Å². The number of carboxylic acid groups (broad SMARTS) is 1. The van der Waals surface area contributed by atoms with Gasteiger partial charge in [-0.05, 0) is 49.9 Å². The van der Waals surface area contributed by atoms with Gasteiger partial charge < -0.3 is 15.7 Å². The van der Waals surface area contributed by atoms with Crippen molar-refractivity contribution in [3.8, 4) is 0 Å². The monoisotopic (exact) mass is 294 g/mol. The minimum absolute atomic E-state index is 0.300. The standard InChI is InChI=1S/C16H26N2O3/c19-13(20)16(7-3-1-2-4-8-16)18-14(21)17-11-15(9-10-15)12-5-6-12/h12H,1-11H2,(H,19,20)(H2,17,18,21). The molecule has 5 heteroatoms. The van der Waals surface area contributed by atoms with Crippen molar-refractivity contribution in [2.24, 2.45) is 11.3 Å². The van der Waals surface area contributed by atoms with E-state index in [9.17, 15) is 14.7 Å². The summed E-state index contributed by atoms with van der Waals surface area (Å²) in [6.07, 6.45) is 9.96. The summed E-state index contributed by atoms with van der Waals surface area (Å²) in [5.74, 6) is -0.0907. The van der Waals surface area contributed by atoms with Gasteiger partial charge in [-0.1, -0.05) is 25.7 Å². The lowest BCUT2D eigenvalue weighted by Crippen LogP contribution is -2.57. The third-order valence-electron chi connectivity index (χ3n) is 5.66. The Morgan fingerprint density at radius 3 is 2.10 bits per heavy atom. The number of hydrogen-bond donors (Lipinski definition) is 3. The molecule has 3 fully saturated rings. The average Bonchev–Trinajstić information content (AvgIpc) is 3.30. The van der Waals surface area contributed by atoms with Gasteiger partial charge in [0, 0.05) is 6.54 Å². The van der Waals surface area contributed by atoms with Crippen molar-refractivity contribution in [2.75, 3.05) is 6.54 Å². The molecule has 0 aromatic rings. The lowest BCUT2D eigenvalue weighted by Gasteiger charge is -2.29. The minimum Gasteiger partial charge on any atom is -0.480 e. The highest BCUT2D eigenvalue weighted by Crippen LogP contribution is 2.60. The number of carboxylic acids is 1. The molecule has 3 aliphatic rings. The number of hydrogen-bond acceptors (Lipinski definition) is 2. The van der Waals surface area contributed by atoms with Crippen molar-refractivity contribution in [1.29, 1.82) is 0 Å². The number of rotatable bonds is 5. The van der Waals surface area contributed by atoms with Crippen LogP contribution in [-0.4, -0.2) is 29.2 Å². The fraction of sp³-hybridized carbons (Fsp3) is 0.875. The number of nitrogens with one attached hydrogen (secondary N) is 2. The third kappa shape index (κ3) is 3.16. The van der Waals surface area contributed by atoms with E-state index in [0.717, 1.165) is 31.6 Å². The fourth-order valence-corrected chi connectivity index (χ4v) is 3.83. The van der Waals surface area contributed by atoms with Gasteiger partial charge in [0.25, 0.3) is 0 Å². The molecule has 21 heavy (non-hydrogen) atoms. The molecule has 0 heterocycles. The van der Waals surface area contributed by atoms with E-state index in [2.05, 4.69) is 10.6 Å². The number of amides is 2. The molecule has 0 saturated heterocycles. The first kappa shape index (κ1) is 14.7. The number of aliphatic carboxylic acids is 1. The Hall–Kier alpha value is -1.26. The number of urea groups is 1. The van der Waals surface area contributed by atoms with E-state index in [0.29, 0.717) is 24.8 Å². The highest BCUT2D eigenvalue weighted by atomic mass is 16.4. The molecular formula is C16H26N2O3. The molecule has 3 N–H and O–H groups in total. The Morgan fingerprint density at radius 1 is 1.00 bits per heavy atom. The summed E-state index contributed by atoms with van der Waals surface area (Å²) in [4.78, 5) is 23.8. The molecule has 0 spiro atoms. The van der Waals surface area contributed by atoms with Crippen LogP contribution >= 0.6 is 0 Å². The number of carbonyl (C=O) groups is 2. The van der Waals surface area contributed by atoms with Crippen molar-refractivity contribution >= 4 is 12.0 Å². The summed E-state index contributed by atoms with van der Waals surface area (Å²) in [6, 6.07) is -0.300. The summed E-state index contributed by atoms with van der Waals surface area (Å²) in [5, 5.41) is 15.3. The van der Waals surface area contributed by atoms with E-state index in [-0.39, 0.29) is 6.03 Å². The molecule has 3 aliphatic carbocycles. The molecule has 0 aliphatic heterocycles. The van der Waals surface area contributed by atoms with Crippen LogP contribution in [0.4, 0.5) is 4.79 Å². The Morgan fingerprint density at radius 2 is 1.62 bits per heavy atom. The number of carbonyl (C=O) groups excluding carboxylic acids is 1. The highest BCUT2D eigenvalue weighted by Gasteiger charge is 2.53. The largest absolute Gasteiger partial charge is 0.480 e. The van der Waals surface area contributed by atoms with Gasteiger partial charge in [0.1, 0.15) is 5.54 Å². The zero-order chi connectivity index (χ0) is 14.9. The second-order valence-corrected chi connectivity index (χ2v) is 7.25. The maximum absolute atomic E-state index is 12.2. The third-order valence-corrected chi connectivity index (χ3v) is 5.66. The first-order valence-corrected chi connectivity index (χ1v) is 8.36. The van der Waals surface area contributed by atoms with Gasteiger partial charge >= 0.3 is 12.0 Å². The maximum Gasteiger partial charge on any atom is 0.329 e. The summed E-state index contributed by atoms with van der Waals surface area (Å²) in [6.45, 7) is 0.708. The van der Waals surface area contributed by atoms with Crippen LogP contribution in [-0.2, 0) is 4.79 Å².